The molecule has 6 heteroatoms. The molecule has 2 atom stereocenters. The van der Waals surface area contributed by atoms with E-state index in [4.69, 9.17) is 9.84 Å². The molecule has 1 saturated heterocycles. The van der Waals surface area contributed by atoms with Crippen LogP contribution in [0.2, 0.25) is 0 Å². The van der Waals surface area contributed by atoms with E-state index in [1.165, 1.54) is 11.0 Å². The van der Waals surface area contributed by atoms with Crippen LogP contribution < -0.4 is 0 Å². The summed E-state index contributed by atoms with van der Waals surface area (Å²) in [6, 6.07) is 5.54. The van der Waals surface area contributed by atoms with Gasteiger partial charge in [0.05, 0.1) is 13.2 Å². The molecule has 1 amide bonds. The number of nitrogens with zero attached hydrogens (tertiary/aromatic N) is 1. The molecule has 1 fully saturated rings. The molecule has 2 rings (SSSR count). The first-order valence-electron chi connectivity index (χ1n) is 7.35. The second kappa shape index (κ2) is 7.35. The number of amides is 1. The van der Waals surface area contributed by atoms with Gasteiger partial charge in [-0.05, 0) is 24.5 Å². The molecule has 1 aliphatic heterocycles. The quantitative estimate of drug-likeness (QED) is 0.899. The van der Waals surface area contributed by atoms with Crippen molar-refractivity contribution in [2.75, 3.05) is 19.8 Å². The van der Waals surface area contributed by atoms with Gasteiger partial charge in [0.15, 0.2) is 6.04 Å². The first kappa shape index (κ1) is 16.4. The van der Waals surface area contributed by atoms with Crippen molar-refractivity contribution in [3.05, 3.63) is 35.6 Å². The van der Waals surface area contributed by atoms with E-state index in [0.717, 1.165) is 0 Å². The average Bonchev–Trinajstić information content (AvgIpc) is 2.53. The van der Waals surface area contributed by atoms with E-state index in [1.54, 1.807) is 25.1 Å². The van der Waals surface area contributed by atoms with E-state index in [1.807, 2.05) is 0 Å². The highest BCUT2D eigenvalue weighted by Crippen LogP contribution is 2.18. The maximum Gasteiger partial charge on any atom is 0.328 e. The summed E-state index contributed by atoms with van der Waals surface area (Å²) in [7, 11) is 0. The highest BCUT2D eigenvalue weighted by atomic mass is 19.1. The average molecular weight is 309 g/mol. The third kappa shape index (κ3) is 3.82. The van der Waals surface area contributed by atoms with Gasteiger partial charge in [-0.3, -0.25) is 4.79 Å². The van der Waals surface area contributed by atoms with Crippen molar-refractivity contribution in [1.29, 1.82) is 0 Å². The fourth-order valence-electron chi connectivity index (χ4n) is 2.55. The Labute approximate surface area is 128 Å². The molecule has 0 aliphatic carbocycles. The predicted molar refractivity (Wildman–Crippen MR) is 77.8 cm³/mol. The van der Waals surface area contributed by atoms with Gasteiger partial charge < -0.3 is 14.7 Å². The Morgan fingerprint density at radius 3 is 2.86 bits per heavy atom. The van der Waals surface area contributed by atoms with E-state index in [9.17, 15) is 14.0 Å². The van der Waals surface area contributed by atoms with Gasteiger partial charge >= 0.3 is 5.97 Å². The highest BCUT2D eigenvalue weighted by Gasteiger charge is 2.34. The standard InChI is InChI=1S/C16H20FNO4/c1-11(6-7-12-4-2-3-5-13(12)17)15(19)18-8-9-22-10-14(18)16(20)21/h2-5,11,14H,6-10H2,1H3,(H,20,21). The Kier molecular flexibility index (Phi) is 5.49. The molecular formula is C16H20FNO4. The lowest BCUT2D eigenvalue weighted by Gasteiger charge is -2.34. The lowest BCUT2D eigenvalue weighted by Crippen LogP contribution is -2.54. The number of carbonyl (C=O) groups excluding carboxylic acids is 1. The van der Waals surface area contributed by atoms with Crippen molar-refractivity contribution >= 4 is 11.9 Å². The number of aryl methyl sites for hydroxylation is 1. The van der Waals surface area contributed by atoms with Crippen LogP contribution in [-0.4, -0.2) is 47.7 Å². The molecular weight excluding hydrogens is 289 g/mol. The first-order valence-corrected chi connectivity index (χ1v) is 7.35. The number of rotatable bonds is 5. The zero-order valence-electron chi connectivity index (χ0n) is 12.5. The number of carbonyl (C=O) groups is 2. The lowest BCUT2D eigenvalue weighted by atomic mass is 9.98. The number of hydrogen-bond donors (Lipinski definition) is 1. The van der Waals surface area contributed by atoms with Crippen LogP contribution in [0.5, 0.6) is 0 Å². The number of carboxylic acids is 1. The van der Waals surface area contributed by atoms with Crippen LogP contribution in [-0.2, 0) is 20.7 Å². The molecule has 5 nitrogen and oxygen atoms in total. The Bertz CT molecular complexity index is 549. The summed E-state index contributed by atoms with van der Waals surface area (Å²) in [4.78, 5) is 25.0. The molecule has 0 saturated carbocycles. The number of morpholine rings is 1. The van der Waals surface area contributed by atoms with Crippen molar-refractivity contribution in [3.8, 4) is 0 Å². The maximum atomic E-state index is 13.6. The Morgan fingerprint density at radius 1 is 1.45 bits per heavy atom. The monoisotopic (exact) mass is 309 g/mol. The molecule has 1 aromatic carbocycles. The van der Waals surface area contributed by atoms with Gasteiger partial charge in [-0.15, -0.1) is 0 Å². The Balaban J connectivity index is 1.96. The summed E-state index contributed by atoms with van der Waals surface area (Å²) in [6.07, 6.45) is 0.922. The number of benzene rings is 1. The van der Waals surface area contributed by atoms with Gasteiger partial charge in [-0.1, -0.05) is 25.1 Å². The van der Waals surface area contributed by atoms with Crippen LogP contribution in [0.1, 0.15) is 18.9 Å². The topological polar surface area (TPSA) is 66.8 Å². The van der Waals surface area contributed by atoms with E-state index in [2.05, 4.69) is 0 Å². The van der Waals surface area contributed by atoms with Gasteiger partial charge in [-0.2, -0.15) is 0 Å². The molecule has 1 aliphatic rings. The summed E-state index contributed by atoms with van der Waals surface area (Å²) < 4.78 is 18.7. The number of ether oxygens (including phenoxy) is 1. The van der Waals surface area contributed by atoms with Gasteiger partial charge in [0, 0.05) is 12.5 Å². The van der Waals surface area contributed by atoms with Crippen LogP contribution in [0.3, 0.4) is 0 Å². The van der Waals surface area contributed by atoms with Gasteiger partial charge in [-0.25, -0.2) is 9.18 Å². The Morgan fingerprint density at radius 2 is 2.18 bits per heavy atom. The number of halogens is 1. The molecule has 2 unspecified atom stereocenters. The van der Waals surface area contributed by atoms with E-state index < -0.39 is 12.0 Å². The highest BCUT2D eigenvalue weighted by molar-refractivity contribution is 5.85. The molecule has 0 bridgehead atoms. The van der Waals surface area contributed by atoms with Gasteiger partial charge in [0.1, 0.15) is 5.82 Å². The molecule has 0 aromatic heterocycles. The minimum Gasteiger partial charge on any atom is -0.480 e. The molecule has 22 heavy (non-hydrogen) atoms. The lowest BCUT2D eigenvalue weighted by molar-refractivity contribution is -0.160. The van der Waals surface area contributed by atoms with Crippen LogP contribution in [0.25, 0.3) is 0 Å². The van der Waals surface area contributed by atoms with Gasteiger partial charge in [0.25, 0.3) is 0 Å². The van der Waals surface area contributed by atoms with Crippen molar-refractivity contribution in [2.24, 2.45) is 5.92 Å². The van der Waals surface area contributed by atoms with E-state index >= 15 is 0 Å². The summed E-state index contributed by atoms with van der Waals surface area (Å²) >= 11 is 0. The van der Waals surface area contributed by atoms with Crippen molar-refractivity contribution in [3.63, 3.8) is 0 Å². The molecule has 0 radical (unpaired) electrons. The fourth-order valence-corrected chi connectivity index (χ4v) is 2.55. The van der Waals surface area contributed by atoms with Crippen molar-refractivity contribution < 1.29 is 23.8 Å². The van der Waals surface area contributed by atoms with Crippen LogP contribution in [0.15, 0.2) is 24.3 Å². The fraction of sp³-hybridized carbons (Fsp3) is 0.500. The number of hydrogen-bond acceptors (Lipinski definition) is 3. The predicted octanol–water partition coefficient (Wildman–Crippen LogP) is 1.71. The van der Waals surface area contributed by atoms with E-state index in [0.29, 0.717) is 25.0 Å². The number of carboxylic acid groups (broad SMARTS) is 1. The first-order chi connectivity index (χ1) is 10.5. The Hall–Kier alpha value is -1.95. The zero-order valence-corrected chi connectivity index (χ0v) is 12.5. The zero-order chi connectivity index (χ0) is 16.1. The molecule has 1 aromatic rings. The second-order valence-corrected chi connectivity index (χ2v) is 5.49. The van der Waals surface area contributed by atoms with Gasteiger partial charge in [0.2, 0.25) is 5.91 Å². The largest absolute Gasteiger partial charge is 0.480 e. The van der Waals surface area contributed by atoms with Crippen molar-refractivity contribution in [2.45, 2.75) is 25.8 Å². The van der Waals surface area contributed by atoms with Crippen LogP contribution in [0, 0.1) is 11.7 Å². The van der Waals surface area contributed by atoms with Crippen LogP contribution in [0.4, 0.5) is 4.39 Å². The summed E-state index contributed by atoms with van der Waals surface area (Å²) in [5, 5.41) is 9.16. The third-order valence-corrected chi connectivity index (χ3v) is 3.92. The summed E-state index contributed by atoms with van der Waals surface area (Å²) in [6.45, 7) is 2.38. The maximum absolute atomic E-state index is 13.6. The summed E-state index contributed by atoms with van der Waals surface area (Å²) in [5.74, 6) is -1.92. The SMILES string of the molecule is CC(CCc1ccccc1F)C(=O)N1CCOCC1C(=O)O. The third-order valence-electron chi connectivity index (χ3n) is 3.92. The summed E-state index contributed by atoms with van der Waals surface area (Å²) in [5.41, 5.74) is 0.568. The molecule has 1 heterocycles. The minimum atomic E-state index is -1.06. The second-order valence-electron chi connectivity index (χ2n) is 5.49. The van der Waals surface area contributed by atoms with Crippen LogP contribution >= 0.6 is 0 Å². The number of aliphatic carboxylic acids is 1. The smallest absolute Gasteiger partial charge is 0.328 e. The molecule has 120 valence electrons. The van der Waals surface area contributed by atoms with Crippen molar-refractivity contribution in [1.82, 2.24) is 4.90 Å². The molecule has 1 N–H and O–H groups in total. The molecule has 0 spiro atoms. The normalized spacial score (nSPS) is 19.7. The van der Waals surface area contributed by atoms with E-state index in [-0.39, 0.29) is 30.8 Å². The minimum absolute atomic E-state index is 0.0150.